The molecule has 0 aromatic heterocycles. The normalized spacial score (nSPS) is 12.1. The Hall–Kier alpha value is -2.70. The molecule has 6 nitrogen and oxygen atoms in total. The first-order chi connectivity index (χ1) is 9.40. The van der Waals surface area contributed by atoms with E-state index in [4.69, 9.17) is 10.8 Å². The van der Waals surface area contributed by atoms with Gasteiger partial charge in [0.15, 0.2) is 0 Å². The summed E-state index contributed by atoms with van der Waals surface area (Å²) in [5.41, 5.74) is 5.06. The smallest absolute Gasteiger partial charge is 0.326 e. The minimum absolute atomic E-state index is 0.185. The number of primary amides is 1. The number of rotatable bonds is 6. The average molecular weight is 280 g/mol. The van der Waals surface area contributed by atoms with Gasteiger partial charge < -0.3 is 16.2 Å². The number of carbonyl (C=O) groups excluding carboxylic acids is 2. The Labute approximate surface area is 114 Å². The van der Waals surface area contributed by atoms with Crippen LogP contribution in [-0.2, 0) is 14.4 Å². The second kappa shape index (κ2) is 7.03. The van der Waals surface area contributed by atoms with E-state index in [1.165, 1.54) is 24.3 Å². The molecule has 1 atom stereocenters. The highest BCUT2D eigenvalue weighted by Crippen LogP contribution is 2.07. The molecule has 0 saturated carbocycles. The number of hydrogen-bond donors (Lipinski definition) is 3. The second-order valence-electron chi connectivity index (χ2n) is 3.92. The average Bonchev–Trinajstić information content (AvgIpc) is 2.36. The molecule has 0 aliphatic rings. The molecule has 0 unspecified atom stereocenters. The van der Waals surface area contributed by atoms with Gasteiger partial charge in [0.05, 0.1) is 6.42 Å². The molecular weight excluding hydrogens is 267 g/mol. The summed E-state index contributed by atoms with van der Waals surface area (Å²) in [7, 11) is 0. The van der Waals surface area contributed by atoms with Gasteiger partial charge in [0.25, 0.3) is 0 Å². The van der Waals surface area contributed by atoms with Gasteiger partial charge in [-0.2, -0.15) is 0 Å². The molecule has 0 aliphatic heterocycles. The van der Waals surface area contributed by atoms with E-state index in [0.717, 1.165) is 6.08 Å². The summed E-state index contributed by atoms with van der Waals surface area (Å²) in [4.78, 5) is 32.9. The molecule has 7 heteroatoms. The van der Waals surface area contributed by atoms with E-state index in [-0.39, 0.29) is 5.56 Å². The van der Waals surface area contributed by atoms with Crippen molar-refractivity contribution in [1.82, 2.24) is 5.32 Å². The molecule has 0 fully saturated rings. The third-order valence-corrected chi connectivity index (χ3v) is 2.34. The Kier molecular flexibility index (Phi) is 5.40. The lowest BCUT2D eigenvalue weighted by Gasteiger charge is -2.10. The van der Waals surface area contributed by atoms with Crippen LogP contribution in [0.25, 0.3) is 6.08 Å². The Morgan fingerprint density at radius 3 is 2.55 bits per heavy atom. The highest BCUT2D eigenvalue weighted by molar-refractivity contribution is 5.95. The molecule has 2 amide bonds. The molecule has 0 heterocycles. The lowest BCUT2D eigenvalue weighted by molar-refractivity contribution is -0.142. The lowest BCUT2D eigenvalue weighted by Crippen LogP contribution is -2.42. The van der Waals surface area contributed by atoms with E-state index < -0.39 is 36.1 Å². The van der Waals surface area contributed by atoms with E-state index in [0.29, 0.717) is 0 Å². The van der Waals surface area contributed by atoms with Gasteiger partial charge in [0.2, 0.25) is 11.8 Å². The maximum atomic E-state index is 13.3. The third-order valence-electron chi connectivity index (χ3n) is 2.34. The Bertz CT molecular complexity index is 557. The van der Waals surface area contributed by atoms with Crippen LogP contribution in [0.2, 0.25) is 0 Å². The van der Waals surface area contributed by atoms with Gasteiger partial charge in [0, 0.05) is 11.6 Å². The highest BCUT2D eigenvalue weighted by atomic mass is 19.1. The minimum Gasteiger partial charge on any atom is -0.480 e. The number of carbonyl (C=O) groups is 3. The van der Waals surface area contributed by atoms with Crippen LogP contribution in [0.1, 0.15) is 12.0 Å². The number of nitrogens with two attached hydrogens (primary N) is 1. The van der Waals surface area contributed by atoms with Gasteiger partial charge in [-0.1, -0.05) is 18.2 Å². The Morgan fingerprint density at radius 1 is 1.35 bits per heavy atom. The van der Waals surface area contributed by atoms with E-state index in [1.54, 1.807) is 6.07 Å². The van der Waals surface area contributed by atoms with Crippen LogP contribution in [0.3, 0.4) is 0 Å². The van der Waals surface area contributed by atoms with Gasteiger partial charge in [-0.25, -0.2) is 9.18 Å². The molecule has 1 rings (SSSR count). The van der Waals surface area contributed by atoms with E-state index in [1.807, 2.05) is 0 Å². The molecule has 106 valence electrons. The molecule has 1 aromatic carbocycles. The van der Waals surface area contributed by atoms with Gasteiger partial charge in [-0.15, -0.1) is 0 Å². The predicted octanol–water partition coefficient (Wildman–Crippen LogP) is 0.284. The fraction of sp³-hybridized carbons (Fsp3) is 0.154. The summed E-state index contributed by atoms with van der Waals surface area (Å²) in [6.45, 7) is 0. The van der Waals surface area contributed by atoms with Gasteiger partial charge in [-0.05, 0) is 12.1 Å². The molecule has 20 heavy (non-hydrogen) atoms. The third kappa shape index (κ3) is 4.89. The summed E-state index contributed by atoms with van der Waals surface area (Å²) >= 11 is 0. The van der Waals surface area contributed by atoms with E-state index >= 15 is 0 Å². The fourth-order valence-corrected chi connectivity index (χ4v) is 1.40. The summed E-state index contributed by atoms with van der Waals surface area (Å²) < 4.78 is 13.3. The van der Waals surface area contributed by atoms with Gasteiger partial charge >= 0.3 is 5.97 Å². The minimum atomic E-state index is -1.41. The van der Waals surface area contributed by atoms with Crippen molar-refractivity contribution in [3.05, 3.63) is 41.7 Å². The van der Waals surface area contributed by atoms with Crippen molar-refractivity contribution in [2.24, 2.45) is 5.73 Å². The van der Waals surface area contributed by atoms with Crippen LogP contribution in [0.4, 0.5) is 4.39 Å². The first-order valence-electron chi connectivity index (χ1n) is 5.64. The van der Waals surface area contributed by atoms with Crippen LogP contribution < -0.4 is 11.1 Å². The number of hydrogen-bond acceptors (Lipinski definition) is 3. The Morgan fingerprint density at radius 2 is 2.00 bits per heavy atom. The molecule has 0 bridgehead atoms. The topological polar surface area (TPSA) is 109 Å². The SMILES string of the molecule is NC(=O)C[C@H](NC(=O)C=Cc1ccccc1F)C(=O)O. The quantitative estimate of drug-likeness (QED) is 0.650. The molecule has 0 saturated heterocycles. The fourth-order valence-electron chi connectivity index (χ4n) is 1.40. The number of nitrogens with one attached hydrogen (secondary N) is 1. The van der Waals surface area contributed by atoms with Crippen LogP contribution >= 0.6 is 0 Å². The Balaban J connectivity index is 2.69. The summed E-state index contributed by atoms with van der Waals surface area (Å²) in [6.07, 6.45) is 1.66. The van der Waals surface area contributed by atoms with Crippen LogP contribution in [0.5, 0.6) is 0 Å². The van der Waals surface area contributed by atoms with Gasteiger partial charge in [-0.3, -0.25) is 9.59 Å². The monoisotopic (exact) mass is 280 g/mol. The summed E-state index contributed by atoms with van der Waals surface area (Å²) in [6, 6.07) is 4.36. The van der Waals surface area contributed by atoms with Crippen LogP contribution in [-0.4, -0.2) is 28.9 Å². The molecule has 0 radical (unpaired) electrons. The highest BCUT2D eigenvalue weighted by Gasteiger charge is 2.20. The lowest BCUT2D eigenvalue weighted by atomic mass is 10.2. The van der Waals surface area contributed by atoms with Crippen LogP contribution in [0.15, 0.2) is 30.3 Å². The number of carboxylic acids is 1. The second-order valence-corrected chi connectivity index (χ2v) is 3.92. The van der Waals surface area contributed by atoms with Gasteiger partial charge in [0.1, 0.15) is 11.9 Å². The standard InChI is InChI=1S/C13H13FN2O4/c14-9-4-2-1-3-8(9)5-6-12(18)16-10(13(19)20)7-11(15)17/h1-6,10H,7H2,(H2,15,17)(H,16,18)(H,19,20)/t10-/m0/s1. The van der Waals surface area contributed by atoms with E-state index in [9.17, 15) is 18.8 Å². The molecule has 0 spiro atoms. The summed E-state index contributed by atoms with van der Waals surface area (Å²) in [5.74, 6) is -3.50. The number of benzene rings is 1. The molecular formula is C13H13FN2O4. The van der Waals surface area contributed by atoms with Crippen molar-refractivity contribution in [3.63, 3.8) is 0 Å². The zero-order valence-electron chi connectivity index (χ0n) is 10.4. The zero-order chi connectivity index (χ0) is 15.1. The predicted molar refractivity (Wildman–Crippen MR) is 68.8 cm³/mol. The summed E-state index contributed by atoms with van der Waals surface area (Å²) in [5, 5.41) is 10.9. The number of amides is 2. The van der Waals surface area contributed by atoms with Crippen LogP contribution in [0, 0.1) is 5.82 Å². The molecule has 0 aliphatic carbocycles. The first-order valence-corrected chi connectivity index (χ1v) is 5.64. The van der Waals surface area contributed by atoms with Crippen molar-refractivity contribution < 1.29 is 23.9 Å². The molecule has 1 aromatic rings. The maximum absolute atomic E-state index is 13.3. The molecule has 4 N–H and O–H groups in total. The number of halogens is 1. The van der Waals surface area contributed by atoms with Crippen molar-refractivity contribution in [2.75, 3.05) is 0 Å². The first kappa shape index (κ1) is 15.4. The number of aliphatic carboxylic acids is 1. The maximum Gasteiger partial charge on any atom is 0.326 e. The van der Waals surface area contributed by atoms with Crippen molar-refractivity contribution in [1.29, 1.82) is 0 Å². The van der Waals surface area contributed by atoms with Crippen molar-refractivity contribution in [3.8, 4) is 0 Å². The number of carboxylic acid groups (broad SMARTS) is 1. The largest absolute Gasteiger partial charge is 0.480 e. The van der Waals surface area contributed by atoms with Crippen molar-refractivity contribution in [2.45, 2.75) is 12.5 Å². The zero-order valence-corrected chi connectivity index (χ0v) is 10.4. The van der Waals surface area contributed by atoms with E-state index in [2.05, 4.69) is 5.32 Å². The van der Waals surface area contributed by atoms with Crippen molar-refractivity contribution >= 4 is 23.9 Å².